The second kappa shape index (κ2) is 7.17. The summed E-state index contributed by atoms with van der Waals surface area (Å²) in [4.78, 5) is 24.5. The van der Waals surface area contributed by atoms with Gasteiger partial charge in [0.25, 0.3) is 0 Å². The Balaban J connectivity index is 2.34. The van der Waals surface area contributed by atoms with Gasteiger partial charge in [-0.15, -0.1) is 0 Å². The Bertz CT molecular complexity index is 1110. The number of carboxylic acid groups (broad SMARTS) is 1. The van der Waals surface area contributed by atoms with Gasteiger partial charge in [-0.1, -0.05) is 50.0 Å². The molecule has 1 N–H and O–H groups in total. The van der Waals surface area contributed by atoms with Gasteiger partial charge in [0.05, 0.1) is 21.1 Å². The van der Waals surface area contributed by atoms with Gasteiger partial charge >= 0.3 is 5.97 Å². The van der Waals surface area contributed by atoms with Crippen molar-refractivity contribution in [1.29, 1.82) is 0 Å². The average molecular weight is 406 g/mol. The molecule has 0 saturated heterocycles. The molecule has 0 aliphatic heterocycles. The monoisotopic (exact) mass is 405 g/mol. The molecular formula is C21H21Cl2NO3. The van der Waals surface area contributed by atoms with Crippen molar-refractivity contribution in [3.05, 3.63) is 56.2 Å². The third-order valence-corrected chi connectivity index (χ3v) is 5.43. The van der Waals surface area contributed by atoms with Gasteiger partial charge in [-0.05, 0) is 48.1 Å². The average Bonchev–Trinajstić information content (AvgIpc) is 2.58. The molecule has 4 nitrogen and oxygen atoms in total. The number of fused-ring (bicyclic) bond motifs is 2. The minimum absolute atomic E-state index is 0.176. The molecule has 0 amide bonds. The first-order valence-corrected chi connectivity index (χ1v) is 9.49. The molecule has 0 saturated carbocycles. The normalized spacial score (nSPS) is 12.0. The number of benzene rings is 2. The Labute approximate surface area is 167 Å². The van der Waals surface area contributed by atoms with Crippen LogP contribution >= 0.6 is 23.2 Å². The molecule has 0 unspecified atom stereocenters. The minimum atomic E-state index is -1.02. The molecule has 1 aromatic heterocycles. The van der Waals surface area contributed by atoms with Crippen LogP contribution in [-0.2, 0) is 17.8 Å². The Morgan fingerprint density at radius 3 is 2.41 bits per heavy atom. The highest BCUT2D eigenvalue weighted by Crippen LogP contribution is 2.32. The van der Waals surface area contributed by atoms with E-state index in [2.05, 4.69) is 20.8 Å². The third kappa shape index (κ3) is 3.97. The van der Waals surface area contributed by atoms with Crippen LogP contribution in [0.1, 0.15) is 32.8 Å². The summed E-state index contributed by atoms with van der Waals surface area (Å²) < 4.78 is 1.57. The summed E-state index contributed by atoms with van der Waals surface area (Å²) in [5.74, 6) is -1.02. The van der Waals surface area contributed by atoms with Crippen molar-refractivity contribution >= 4 is 51.0 Å². The molecule has 27 heavy (non-hydrogen) atoms. The Hall–Kier alpha value is -2.04. The fourth-order valence-electron chi connectivity index (χ4n) is 3.22. The summed E-state index contributed by atoms with van der Waals surface area (Å²) in [5, 5.41) is 10.7. The van der Waals surface area contributed by atoms with Crippen LogP contribution in [0.3, 0.4) is 0 Å². The van der Waals surface area contributed by atoms with Crippen LogP contribution in [0.15, 0.2) is 35.1 Å². The molecule has 0 spiro atoms. The second-order valence-corrected chi connectivity index (χ2v) is 8.76. The van der Waals surface area contributed by atoms with E-state index >= 15 is 0 Å². The number of carboxylic acids is 1. The van der Waals surface area contributed by atoms with E-state index in [-0.39, 0.29) is 27.4 Å². The van der Waals surface area contributed by atoms with Crippen LogP contribution in [-0.4, -0.2) is 15.6 Å². The molecule has 0 aliphatic rings. The van der Waals surface area contributed by atoms with Crippen molar-refractivity contribution in [1.82, 2.24) is 4.57 Å². The number of aromatic nitrogens is 1. The lowest BCUT2D eigenvalue weighted by Gasteiger charge is -2.19. The van der Waals surface area contributed by atoms with Gasteiger partial charge in [-0.25, -0.2) is 0 Å². The van der Waals surface area contributed by atoms with Gasteiger partial charge < -0.3 is 9.67 Å². The number of aryl methyl sites for hydroxylation is 1. The molecular weight excluding hydrogens is 385 g/mol. The first-order chi connectivity index (χ1) is 12.6. The molecule has 2 aromatic carbocycles. The lowest BCUT2D eigenvalue weighted by molar-refractivity contribution is -0.137. The summed E-state index contributed by atoms with van der Waals surface area (Å²) in [7, 11) is 0. The number of hydrogen-bond donors (Lipinski definition) is 1. The Morgan fingerprint density at radius 1 is 1.11 bits per heavy atom. The number of nitrogens with zero attached hydrogens (tertiary/aromatic N) is 1. The van der Waals surface area contributed by atoms with E-state index < -0.39 is 5.97 Å². The van der Waals surface area contributed by atoms with Crippen molar-refractivity contribution in [3.63, 3.8) is 0 Å². The van der Waals surface area contributed by atoms with Crippen LogP contribution in [0.4, 0.5) is 0 Å². The lowest BCUT2D eigenvalue weighted by atomic mass is 9.88. The van der Waals surface area contributed by atoms with Crippen molar-refractivity contribution in [2.45, 2.75) is 40.2 Å². The van der Waals surface area contributed by atoms with Crippen molar-refractivity contribution in [2.24, 2.45) is 5.41 Å². The van der Waals surface area contributed by atoms with E-state index in [4.69, 9.17) is 23.2 Å². The predicted octanol–water partition coefficient (Wildman–Crippen LogP) is 5.52. The zero-order valence-electron chi connectivity index (χ0n) is 15.5. The smallest absolute Gasteiger partial charge is 0.323 e. The maximum absolute atomic E-state index is 13.0. The highest BCUT2D eigenvalue weighted by atomic mass is 35.5. The van der Waals surface area contributed by atoms with Gasteiger partial charge in [-0.2, -0.15) is 0 Å². The maximum atomic E-state index is 13.0. The number of pyridine rings is 1. The van der Waals surface area contributed by atoms with Gasteiger partial charge in [0.15, 0.2) is 5.43 Å². The Kier molecular flexibility index (Phi) is 5.24. The lowest BCUT2D eigenvalue weighted by Crippen LogP contribution is -2.16. The number of carbonyl (C=O) groups is 1. The summed E-state index contributed by atoms with van der Waals surface area (Å²) in [6.45, 7) is 6.20. The topological polar surface area (TPSA) is 59.3 Å². The van der Waals surface area contributed by atoms with E-state index in [1.165, 1.54) is 0 Å². The van der Waals surface area contributed by atoms with Crippen LogP contribution in [0.5, 0.6) is 0 Å². The number of halogens is 2. The van der Waals surface area contributed by atoms with Gasteiger partial charge in [0.1, 0.15) is 6.54 Å². The van der Waals surface area contributed by atoms with E-state index in [9.17, 15) is 14.7 Å². The van der Waals surface area contributed by atoms with E-state index in [0.717, 1.165) is 18.4 Å². The van der Waals surface area contributed by atoms with Crippen LogP contribution < -0.4 is 5.43 Å². The summed E-state index contributed by atoms with van der Waals surface area (Å²) >= 11 is 12.5. The largest absolute Gasteiger partial charge is 0.480 e. The number of aliphatic carboxylic acids is 1. The summed E-state index contributed by atoms with van der Waals surface area (Å²) in [6, 6.07) is 8.75. The maximum Gasteiger partial charge on any atom is 0.323 e. The first-order valence-electron chi connectivity index (χ1n) is 8.73. The number of rotatable bonds is 4. The van der Waals surface area contributed by atoms with Crippen LogP contribution in [0.2, 0.25) is 10.0 Å². The fraction of sp³-hybridized carbons (Fsp3) is 0.333. The van der Waals surface area contributed by atoms with Crippen LogP contribution in [0.25, 0.3) is 21.8 Å². The van der Waals surface area contributed by atoms with E-state index in [0.29, 0.717) is 21.8 Å². The zero-order chi connectivity index (χ0) is 19.9. The SMILES string of the molecule is CC(C)(C)CCc1ccc2c(=O)c3ccc(Cl)c(Cl)c3n(CC(=O)O)c2c1. The molecule has 0 radical (unpaired) electrons. The molecule has 3 aromatic rings. The molecule has 0 bridgehead atoms. The van der Waals surface area contributed by atoms with Crippen molar-refractivity contribution in [2.75, 3.05) is 0 Å². The molecule has 0 atom stereocenters. The minimum Gasteiger partial charge on any atom is -0.480 e. The molecule has 0 aliphatic carbocycles. The van der Waals surface area contributed by atoms with Crippen molar-refractivity contribution in [3.8, 4) is 0 Å². The van der Waals surface area contributed by atoms with E-state index in [1.54, 1.807) is 22.8 Å². The molecule has 1 heterocycles. The molecule has 6 heteroatoms. The van der Waals surface area contributed by atoms with Crippen LogP contribution in [0, 0.1) is 5.41 Å². The zero-order valence-corrected chi connectivity index (χ0v) is 17.0. The second-order valence-electron chi connectivity index (χ2n) is 7.98. The molecule has 3 rings (SSSR count). The Morgan fingerprint density at radius 2 is 1.78 bits per heavy atom. The summed E-state index contributed by atoms with van der Waals surface area (Å²) in [5.41, 5.74) is 1.97. The quantitative estimate of drug-likeness (QED) is 0.580. The molecule has 142 valence electrons. The predicted molar refractivity (Wildman–Crippen MR) is 111 cm³/mol. The van der Waals surface area contributed by atoms with Gasteiger partial charge in [0.2, 0.25) is 0 Å². The van der Waals surface area contributed by atoms with Gasteiger partial charge in [0, 0.05) is 10.8 Å². The highest BCUT2D eigenvalue weighted by molar-refractivity contribution is 6.45. The molecule has 0 fully saturated rings. The first kappa shape index (κ1) is 19.7. The van der Waals surface area contributed by atoms with E-state index in [1.807, 2.05) is 12.1 Å². The fourth-order valence-corrected chi connectivity index (χ4v) is 3.64. The third-order valence-electron chi connectivity index (χ3n) is 4.64. The highest BCUT2D eigenvalue weighted by Gasteiger charge is 2.18. The standard InChI is InChI=1S/C21H21Cl2NO3/c1-21(2,3)9-8-12-4-5-13-16(10-12)24(11-17(25)26)19-14(20(13)27)6-7-15(22)18(19)23/h4-7,10H,8-9,11H2,1-3H3,(H,25,26). The van der Waals surface area contributed by atoms with Crippen molar-refractivity contribution < 1.29 is 9.90 Å². The van der Waals surface area contributed by atoms with Gasteiger partial charge in [-0.3, -0.25) is 9.59 Å². The summed E-state index contributed by atoms with van der Waals surface area (Å²) in [6.07, 6.45) is 1.81. The number of hydrogen-bond acceptors (Lipinski definition) is 2.